The highest BCUT2D eigenvalue weighted by Crippen LogP contribution is 2.44. The number of para-hydroxylation sites is 1. The van der Waals surface area contributed by atoms with Crippen LogP contribution >= 0.6 is 0 Å². The fraction of sp³-hybridized carbons (Fsp3) is 0. The molecule has 2 aromatic heterocycles. The molecule has 55 heavy (non-hydrogen) atoms. The van der Waals surface area contributed by atoms with Crippen molar-refractivity contribution < 1.29 is 13.2 Å². The van der Waals surface area contributed by atoms with E-state index >= 15 is 0 Å². The number of pyridine rings is 1. The molecule has 0 bridgehead atoms. The predicted molar refractivity (Wildman–Crippen MR) is 209 cm³/mol. The molecular weight excluding hydrogens is 692 g/mol. The van der Waals surface area contributed by atoms with Crippen LogP contribution in [0.15, 0.2) is 146 Å². The minimum atomic E-state index is -1.53. The highest BCUT2D eigenvalue weighted by molar-refractivity contribution is 6.25. The first kappa shape index (κ1) is 33.2. The monoisotopic (exact) mass is 715 g/mol. The van der Waals surface area contributed by atoms with Gasteiger partial charge >= 0.3 is 0 Å². The van der Waals surface area contributed by atoms with E-state index in [4.69, 9.17) is 15.0 Å². The minimum absolute atomic E-state index is 0.174. The standard InChI is InChI=1S/C47H24F3N5/c48-37-22-34(23-38(49)43(37)50)32-9-6-10-33(21-32)44-42-41(35-11-4-5-12-39(35)53-44)36(29-7-2-1-3-8-29)24-40-47(42)55-46(31-19-15-28(26-52)16-20-31)45(54-40)30-17-13-27(25-51)14-18-30/h1-24H. The molecule has 8 heteroatoms. The third kappa shape index (κ3) is 5.79. The van der Waals surface area contributed by atoms with E-state index in [0.29, 0.717) is 55.8 Å². The van der Waals surface area contributed by atoms with Crippen molar-refractivity contribution in [3.8, 4) is 68.2 Å². The maximum absolute atomic E-state index is 14.5. The van der Waals surface area contributed by atoms with Crippen molar-refractivity contribution >= 4 is 32.7 Å². The van der Waals surface area contributed by atoms with Crippen molar-refractivity contribution in [2.24, 2.45) is 0 Å². The normalized spacial score (nSPS) is 11.1. The number of fused-ring (bicyclic) bond motifs is 5. The van der Waals surface area contributed by atoms with Crippen LogP contribution < -0.4 is 0 Å². The second-order valence-electron chi connectivity index (χ2n) is 13.0. The lowest BCUT2D eigenvalue weighted by Gasteiger charge is -2.18. The van der Waals surface area contributed by atoms with Gasteiger partial charge in [-0.2, -0.15) is 10.5 Å². The molecule has 0 N–H and O–H groups in total. The summed E-state index contributed by atoms with van der Waals surface area (Å²) in [6.07, 6.45) is 0. The fourth-order valence-electron chi connectivity index (χ4n) is 7.09. The van der Waals surface area contributed by atoms with Gasteiger partial charge in [-0.05, 0) is 76.9 Å². The number of rotatable bonds is 5. The average molecular weight is 716 g/mol. The Balaban J connectivity index is 1.43. The van der Waals surface area contributed by atoms with E-state index in [1.807, 2.05) is 91.0 Å². The van der Waals surface area contributed by atoms with Gasteiger partial charge < -0.3 is 0 Å². The van der Waals surface area contributed by atoms with Crippen LogP contribution in [-0.2, 0) is 0 Å². The number of nitrogens with zero attached hydrogens (tertiary/aromatic N) is 5. The van der Waals surface area contributed by atoms with Gasteiger partial charge in [-0.3, -0.25) is 0 Å². The van der Waals surface area contributed by atoms with E-state index < -0.39 is 17.5 Å². The molecule has 9 rings (SSSR count). The van der Waals surface area contributed by atoms with Crippen molar-refractivity contribution in [1.82, 2.24) is 15.0 Å². The predicted octanol–water partition coefficient (Wildman–Crippen LogP) is 11.8. The van der Waals surface area contributed by atoms with E-state index in [1.165, 1.54) is 0 Å². The Labute approximate surface area is 312 Å². The van der Waals surface area contributed by atoms with Crippen LogP contribution in [0.2, 0.25) is 0 Å². The smallest absolute Gasteiger partial charge is 0.194 e. The lowest BCUT2D eigenvalue weighted by atomic mass is 9.90. The molecule has 0 saturated heterocycles. The maximum Gasteiger partial charge on any atom is 0.194 e. The Morgan fingerprint density at radius 1 is 0.418 bits per heavy atom. The second kappa shape index (κ2) is 13.4. The first-order chi connectivity index (χ1) is 26.9. The summed E-state index contributed by atoms with van der Waals surface area (Å²) < 4.78 is 42.9. The minimum Gasteiger partial charge on any atom is -0.247 e. The lowest BCUT2D eigenvalue weighted by Crippen LogP contribution is -2.00. The van der Waals surface area contributed by atoms with Gasteiger partial charge in [0, 0.05) is 32.8 Å². The number of hydrogen-bond acceptors (Lipinski definition) is 5. The Morgan fingerprint density at radius 3 is 1.64 bits per heavy atom. The van der Waals surface area contributed by atoms with Crippen LogP contribution in [0.3, 0.4) is 0 Å². The first-order valence-electron chi connectivity index (χ1n) is 17.3. The highest BCUT2D eigenvalue weighted by Gasteiger charge is 2.23. The van der Waals surface area contributed by atoms with Gasteiger partial charge in [0.1, 0.15) is 0 Å². The summed E-state index contributed by atoms with van der Waals surface area (Å²) >= 11 is 0. The molecule has 0 aliphatic rings. The Bertz CT molecular complexity index is 3050. The van der Waals surface area contributed by atoms with Crippen molar-refractivity contribution in [2.75, 3.05) is 0 Å². The highest BCUT2D eigenvalue weighted by atomic mass is 19.2. The third-order valence-corrected chi connectivity index (χ3v) is 9.72. The maximum atomic E-state index is 14.5. The molecule has 5 nitrogen and oxygen atoms in total. The van der Waals surface area contributed by atoms with Crippen molar-refractivity contribution in [3.05, 3.63) is 174 Å². The van der Waals surface area contributed by atoms with E-state index in [-0.39, 0.29) is 5.56 Å². The first-order valence-corrected chi connectivity index (χ1v) is 17.3. The van der Waals surface area contributed by atoms with Crippen LogP contribution in [-0.4, -0.2) is 15.0 Å². The van der Waals surface area contributed by atoms with E-state index in [0.717, 1.165) is 50.7 Å². The van der Waals surface area contributed by atoms with Gasteiger partial charge in [0.2, 0.25) is 0 Å². The summed E-state index contributed by atoms with van der Waals surface area (Å²) in [7, 11) is 0. The molecule has 7 aromatic carbocycles. The molecule has 0 spiro atoms. The quantitative estimate of drug-likeness (QED) is 0.131. The van der Waals surface area contributed by atoms with Crippen molar-refractivity contribution in [1.29, 1.82) is 10.5 Å². The molecule has 2 heterocycles. The van der Waals surface area contributed by atoms with Gasteiger partial charge in [0.15, 0.2) is 17.5 Å². The molecule has 0 fully saturated rings. The number of aromatic nitrogens is 3. The molecule has 9 aromatic rings. The molecule has 0 unspecified atom stereocenters. The molecule has 0 radical (unpaired) electrons. The van der Waals surface area contributed by atoms with Crippen LogP contribution in [0.1, 0.15) is 11.1 Å². The third-order valence-electron chi connectivity index (χ3n) is 9.72. The lowest BCUT2D eigenvalue weighted by molar-refractivity contribution is 0.448. The summed E-state index contributed by atoms with van der Waals surface area (Å²) in [5.41, 5.74) is 9.16. The van der Waals surface area contributed by atoms with Gasteiger partial charge in [-0.1, -0.05) is 91.0 Å². The summed E-state index contributed by atoms with van der Waals surface area (Å²) in [5, 5.41) is 21.5. The zero-order valence-corrected chi connectivity index (χ0v) is 28.7. The van der Waals surface area contributed by atoms with E-state index in [2.05, 4.69) is 12.1 Å². The van der Waals surface area contributed by atoms with Crippen molar-refractivity contribution in [3.63, 3.8) is 0 Å². The second-order valence-corrected chi connectivity index (χ2v) is 13.0. The molecule has 0 amide bonds. The Kier molecular flexibility index (Phi) is 8.07. The fourth-order valence-corrected chi connectivity index (χ4v) is 7.09. The van der Waals surface area contributed by atoms with Crippen LogP contribution in [0.4, 0.5) is 13.2 Å². The van der Waals surface area contributed by atoms with E-state index in [9.17, 15) is 23.7 Å². The topological polar surface area (TPSA) is 86.2 Å². The van der Waals surface area contributed by atoms with Crippen LogP contribution in [0, 0.1) is 40.1 Å². The molecular formula is C47H24F3N5. The Hall–Kier alpha value is -7.68. The summed E-state index contributed by atoms with van der Waals surface area (Å²) in [6.45, 7) is 0. The summed E-state index contributed by atoms with van der Waals surface area (Å²) in [4.78, 5) is 15.9. The number of hydrogen-bond donors (Lipinski definition) is 0. The molecule has 0 atom stereocenters. The van der Waals surface area contributed by atoms with Gasteiger partial charge in [0.05, 0.1) is 56.9 Å². The number of nitriles is 2. The summed E-state index contributed by atoms with van der Waals surface area (Å²) in [5.74, 6) is -4.09. The largest absolute Gasteiger partial charge is 0.247 e. The number of benzene rings is 7. The van der Waals surface area contributed by atoms with Gasteiger partial charge in [-0.15, -0.1) is 0 Å². The number of halogens is 3. The zero-order valence-electron chi connectivity index (χ0n) is 28.7. The molecule has 0 aliphatic heterocycles. The molecule has 258 valence electrons. The average Bonchev–Trinajstić information content (AvgIpc) is 3.24. The van der Waals surface area contributed by atoms with Gasteiger partial charge in [-0.25, -0.2) is 28.1 Å². The van der Waals surface area contributed by atoms with Crippen LogP contribution in [0.25, 0.3) is 88.7 Å². The van der Waals surface area contributed by atoms with Gasteiger partial charge in [0.25, 0.3) is 0 Å². The Morgan fingerprint density at radius 2 is 0.982 bits per heavy atom. The zero-order chi connectivity index (χ0) is 37.6. The van der Waals surface area contributed by atoms with E-state index in [1.54, 1.807) is 42.5 Å². The molecule has 0 saturated carbocycles. The molecule has 0 aliphatic carbocycles. The SMILES string of the molecule is N#Cc1ccc(-c2nc3cc(-c4ccccc4)c4c5ccccc5nc(-c5cccc(-c6cc(F)c(F)c(F)c6)c5)c4c3nc2-c2ccc(C#N)cc2)cc1. The van der Waals surface area contributed by atoms with Crippen molar-refractivity contribution in [2.45, 2.75) is 0 Å². The van der Waals surface area contributed by atoms with Crippen LogP contribution in [0.5, 0.6) is 0 Å². The summed E-state index contributed by atoms with van der Waals surface area (Å²) in [6, 6.07) is 47.6.